The van der Waals surface area contributed by atoms with Gasteiger partial charge in [0.2, 0.25) is 11.6 Å². The molecule has 0 N–H and O–H groups in total. The number of rotatable bonds is 2. The van der Waals surface area contributed by atoms with Crippen molar-refractivity contribution >= 4 is 0 Å². The van der Waals surface area contributed by atoms with E-state index in [0.717, 1.165) is 0 Å². The predicted octanol–water partition coefficient (Wildman–Crippen LogP) is 3.12. The first-order chi connectivity index (χ1) is 8.62. The molecule has 116 valence electrons. The lowest BCUT2D eigenvalue weighted by atomic mass is 10.3. The van der Waals surface area contributed by atoms with Crippen molar-refractivity contribution < 1.29 is 43.9 Å². The lowest BCUT2D eigenvalue weighted by Gasteiger charge is -2.18. The molecule has 0 fully saturated rings. The zero-order valence-electron chi connectivity index (χ0n) is 9.12. The fourth-order valence-corrected chi connectivity index (χ4v) is 1.04. The average Bonchev–Trinajstić information content (AvgIpc) is 2.57. The van der Waals surface area contributed by atoms with Crippen molar-refractivity contribution in [2.24, 2.45) is 7.05 Å². The van der Waals surface area contributed by atoms with E-state index in [4.69, 9.17) is 0 Å². The molecule has 0 saturated carbocycles. The van der Waals surface area contributed by atoms with Gasteiger partial charge in [-0.1, -0.05) is 0 Å². The normalized spacial score (nSPS) is 14.8. The van der Waals surface area contributed by atoms with E-state index in [9.17, 15) is 43.9 Å². The van der Waals surface area contributed by atoms with Crippen molar-refractivity contribution in [3.63, 3.8) is 0 Å². The van der Waals surface area contributed by atoms with Crippen LogP contribution in [0.15, 0.2) is 0 Å². The lowest BCUT2D eigenvalue weighted by molar-refractivity contribution is -0.295. The molecule has 0 spiro atoms. The third-order valence-electron chi connectivity index (χ3n) is 2.04. The highest BCUT2D eigenvalue weighted by atomic mass is 19.4. The topological polar surface area (TPSA) is 30.7 Å². The van der Waals surface area contributed by atoms with Gasteiger partial charge in [0, 0.05) is 7.05 Å². The molecule has 20 heavy (non-hydrogen) atoms. The van der Waals surface area contributed by atoms with Crippen LogP contribution in [0, 0.1) is 0 Å². The monoisotopic (exact) mass is 319 g/mol. The van der Waals surface area contributed by atoms with Crippen molar-refractivity contribution in [2.45, 2.75) is 24.2 Å². The van der Waals surface area contributed by atoms with Gasteiger partial charge in [0.05, 0.1) is 0 Å². The predicted molar refractivity (Wildman–Crippen MR) is 40.9 cm³/mol. The second kappa shape index (κ2) is 4.22. The van der Waals surface area contributed by atoms with Gasteiger partial charge in [-0.15, -0.1) is 5.10 Å². The Balaban J connectivity index is 3.39. The van der Waals surface area contributed by atoms with Crippen LogP contribution in [-0.4, -0.2) is 27.1 Å². The number of aryl methyl sites for hydroxylation is 1. The Morgan fingerprint density at radius 3 is 1.50 bits per heavy atom. The summed E-state index contributed by atoms with van der Waals surface area (Å²) >= 11 is 0. The molecule has 0 aromatic carbocycles. The molecule has 0 aliphatic carbocycles. The molecular weight excluding hydrogens is 316 g/mol. The lowest BCUT2D eigenvalue weighted by Crippen LogP contribution is -2.37. The van der Waals surface area contributed by atoms with Crippen LogP contribution in [-0.2, 0) is 18.9 Å². The molecule has 3 nitrogen and oxygen atoms in total. The molecule has 0 aliphatic heterocycles. The summed E-state index contributed by atoms with van der Waals surface area (Å²) in [6.45, 7) is 0. The summed E-state index contributed by atoms with van der Waals surface area (Å²) in [6.07, 6.45) is -12.5. The van der Waals surface area contributed by atoms with E-state index in [1.54, 1.807) is 0 Å². The van der Waals surface area contributed by atoms with Gasteiger partial charge >= 0.3 is 24.2 Å². The maximum atomic E-state index is 12.8. The third-order valence-corrected chi connectivity index (χ3v) is 2.04. The van der Waals surface area contributed by atoms with Crippen molar-refractivity contribution in [3.8, 4) is 0 Å². The Hall–Kier alpha value is -1.56. The molecular formula is C7H3F10N3. The molecule has 0 atom stereocenters. The molecule has 1 aromatic heterocycles. The maximum absolute atomic E-state index is 12.8. The number of hydrogen-bond donors (Lipinski definition) is 0. The van der Waals surface area contributed by atoms with Gasteiger partial charge in [-0.2, -0.15) is 43.9 Å². The molecule has 0 aliphatic rings. The highest BCUT2D eigenvalue weighted by Gasteiger charge is 2.65. The minimum absolute atomic E-state index is 0.331. The maximum Gasteiger partial charge on any atom is 0.461 e. The van der Waals surface area contributed by atoms with E-state index >= 15 is 0 Å². The number of halogens is 10. The average molecular weight is 319 g/mol. The van der Waals surface area contributed by atoms with E-state index in [1.165, 1.54) is 0 Å². The minimum Gasteiger partial charge on any atom is -0.247 e. The van der Waals surface area contributed by atoms with Gasteiger partial charge in [0.1, 0.15) is 0 Å². The fraction of sp³-hybridized carbons (Fsp3) is 0.714. The van der Waals surface area contributed by atoms with E-state index in [2.05, 4.69) is 5.10 Å². The van der Waals surface area contributed by atoms with Crippen LogP contribution >= 0.6 is 0 Å². The van der Waals surface area contributed by atoms with Gasteiger partial charge < -0.3 is 0 Å². The van der Waals surface area contributed by atoms with Crippen molar-refractivity contribution in [2.75, 3.05) is 0 Å². The molecule has 1 rings (SSSR count). The Bertz CT molecular complexity index is 496. The number of alkyl halides is 10. The smallest absolute Gasteiger partial charge is 0.247 e. The van der Waals surface area contributed by atoms with E-state index < -0.39 is 40.5 Å². The van der Waals surface area contributed by atoms with E-state index in [-0.39, 0.29) is 0 Å². The van der Waals surface area contributed by atoms with Crippen molar-refractivity contribution in [1.29, 1.82) is 0 Å². The van der Waals surface area contributed by atoms with Gasteiger partial charge in [-0.25, -0.2) is 9.67 Å². The van der Waals surface area contributed by atoms with Crippen LogP contribution in [0.25, 0.3) is 0 Å². The van der Waals surface area contributed by atoms with Gasteiger partial charge in [-0.3, -0.25) is 0 Å². The van der Waals surface area contributed by atoms with E-state index in [0.29, 0.717) is 7.05 Å². The minimum atomic E-state index is -6.24. The summed E-state index contributed by atoms with van der Waals surface area (Å²) < 4.78 is 123. The standard InChI is InChI=1S/C7H3F10N3/c1-20-3(5(10,11)7(15,16)17)18-2(19-20)4(8,9)6(12,13)14/h1H3. The summed E-state index contributed by atoms with van der Waals surface area (Å²) in [5.41, 5.74) is 0. The Kier molecular flexibility index (Phi) is 3.48. The molecule has 0 saturated heterocycles. The summed E-state index contributed by atoms with van der Waals surface area (Å²) in [4.78, 5) is 2.00. The Morgan fingerprint density at radius 2 is 1.15 bits per heavy atom. The van der Waals surface area contributed by atoms with Crippen molar-refractivity contribution in [1.82, 2.24) is 14.8 Å². The second-order valence-corrected chi connectivity index (χ2v) is 3.53. The molecule has 0 bridgehead atoms. The molecule has 1 heterocycles. The largest absolute Gasteiger partial charge is 0.461 e. The molecule has 0 amide bonds. The van der Waals surface area contributed by atoms with Crippen LogP contribution in [0.1, 0.15) is 11.6 Å². The van der Waals surface area contributed by atoms with E-state index in [1.807, 2.05) is 4.98 Å². The van der Waals surface area contributed by atoms with Gasteiger partial charge in [0.25, 0.3) is 0 Å². The van der Waals surface area contributed by atoms with Crippen LogP contribution in [0.3, 0.4) is 0 Å². The number of hydrogen-bond acceptors (Lipinski definition) is 2. The van der Waals surface area contributed by atoms with Crippen LogP contribution in [0.5, 0.6) is 0 Å². The fourth-order valence-electron chi connectivity index (χ4n) is 1.04. The summed E-state index contributed by atoms with van der Waals surface area (Å²) in [5.74, 6) is -16.4. The zero-order valence-corrected chi connectivity index (χ0v) is 9.12. The highest BCUT2D eigenvalue weighted by molar-refractivity contribution is 5.08. The van der Waals surface area contributed by atoms with Crippen LogP contribution < -0.4 is 0 Å². The first kappa shape index (κ1) is 16.5. The summed E-state index contributed by atoms with van der Waals surface area (Å²) in [6, 6.07) is 0. The molecule has 0 unspecified atom stereocenters. The second-order valence-electron chi connectivity index (χ2n) is 3.53. The number of aromatic nitrogens is 3. The summed E-state index contributed by atoms with van der Waals surface area (Å²) in [7, 11) is 0.331. The van der Waals surface area contributed by atoms with Crippen molar-refractivity contribution in [3.05, 3.63) is 11.6 Å². The third kappa shape index (κ3) is 2.40. The molecule has 1 aromatic rings. The highest BCUT2D eigenvalue weighted by Crippen LogP contribution is 2.46. The number of nitrogens with zero attached hydrogens (tertiary/aromatic N) is 3. The first-order valence-corrected chi connectivity index (χ1v) is 4.43. The SMILES string of the molecule is Cn1nc(C(F)(F)C(F)(F)F)nc1C(F)(F)C(F)(F)F. The zero-order chi connectivity index (χ0) is 16.1. The van der Waals surface area contributed by atoms with Crippen LogP contribution in [0.2, 0.25) is 0 Å². The molecule has 0 radical (unpaired) electrons. The van der Waals surface area contributed by atoms with Gasteiger partial charge in [0.15, 0.2) is 0 Å². The molecule has 13 heteroatoms. The van der Waals surface area contributed by atoms with Crippen LogP contribution in [0.4, 0.5) is 43.9 Å². The quantitative estimate of drug-likeness (QED) is 0.784. The van der Waals surface area contributed by atoms with Gasteiger partial charge in [-0.05, 0) is 0 Å². The first-order valence-electron chi connectivity index (χ1n) is 4.43. The summed E-state index contributed by atoms with van der Waals surface area (Å²) in [5, 5.41) is 2.28. The Morgan fingerprint density at radius 1 is 0.750 bits per heavy atom. The Labute approximate surface area is 103 Å².